The summed E-state index contributed by atoms with van der Waals surface area (Å²) in [5.41, 5.74) is 18.0. The topological polar surface area (TPSA) is 6.48 Å². The van der Waals surface area contributed by atoms with E-state index in [1.165, 1.54) is 99.6 Å². The van der Waals surface area contributed by atoms with Crippen molar-refractivity contribution >= 4 is 45.9 Å². The molecule has 4 heterocycles. The van der Waals surface area contributed by atoms with Crippen LogP contribution in [0, 0.1) is 23.7 Å². The Morgan fingerprint density at radius 3 is 1.30 bits per heavy atom. The van der Waals surface area contributed by atoms with Crippen molar-refractivity contribution in [3.05, 3.63) is 64.7 Å². The normalized spacial score (nSPS) is 37.3. The van der Waals surface area contributed by atoms with Crippen molar-refractivity contribution in [3.63, 3.8) is 0 Å². The Balaban J connectivity index is 1.24. The molecule has 3 heteroatoms. The fourth-order valence-electron chi connectivity index (χ4n) is 15.0. The average Bonchev–Trinajstić information content (AvgIpc) is 3.43. The van der Waals surface area contributed by atoms with Gasteiger partial charge in [0.25, 0.3) is 6.71 Å². The first-order chi connectivity index (χ1) is 25.0. The maximum atomic E-state index is 3.00. The van der Waals surface area contributed by atoms with Crippen LogP contribution in [0.3, 0.4) is 0 Å². The monoisotopic (exact) mass is 705 g/mol. The quantitative estimate of drug-likeness (QED) is 0.215. The summed E-state index contributed by atoms with van der Waals surface area (Å²) in [7, 11) is 0. The van der Waals surface area contributed by atoms with Crippen molar-refractivity contribution in [2.45, 2.75) is 179 Å². The Morgan fingerprint density at radius 1 is 0.547 bits per heavy atom. The lowest BCUT2D eigenvalue weighted by Crippen LogP contribution is -2.67. The van der Waals surface area contributed by atoms with E-state index in [0.29, 0.717) is 0 Å². The lowest BCUT2D eigenvalue weighted by atomic mass is 9.33. The molecule has 8 aliphatic rings. The SMILES string of the molecule is CC(C)(C)c1cc2c3c(c1)C1(C)CC4CCCCC4CC1(C)N3c1cccc3c1B2c1cc(C(C)(C)C)cc2c1N3C1(C)CC3CCCCC3CC21C. The molecule has 8 unspecified atom stereocenters. The lowest BCUT2D eigenvalue weighted by molar-refractivity contribution is 0.0577. The van der Waals surface area contributed by atoms with Gasteiger partial charge in [-0.05, 0) is 125 Å². The number of hydrogen-bond acceptors (Lipinski definition) is 2. The molecule has 4 aliphatic carbocycles. The van der Waals surface area contributed by atoms with Gasteiger partial charge in [0.1, 0.15) is 0 Å². The molecular weight excluding hydrogens is 639 g/mol. The summed E-state index contributed by atoms with van der Waals surface area (Å²) < 4.78 is 0. The third kappa shape index (κ3) is 3.95. The number of rotatable bonds is 0. The largest absolute Gasteiger partial charge is 0.335 e. The van der Waals surface area contributed by atoms with Crippen molar-refractivity contribution in [2.75, 3.05) is 9.80 Å². The molecule has 278 valence electrons. The van der Waals surface area contributed by atoms with Gasteiger partial charge in [-0.3, -0.25) is 0 Å². The van der Waals surface area contributed by atoms with Gasteiger partial charge in [0.15, 0.2) is 0 Å². The molecule has 4 fully saturated rings. The first-order valence-corrected chi connectivity index (χ1v) is 22.1. The highest BCUT2D eigenvalue weighted by Crippen LogP contribution is 2.68. The number of hydrogen-bond donors (Lipinski definition) is 0. The molecular formula is C50H65BN2. The summed E-state index contributed by atoms with van der Waals surface area (Å²) in [5.74, 6) is 3.42. The third-order valence-electron chi connectivity index (χ3n) is 18.3. The summed E-state index contributed by atoms with van der Waals surface area (Å²) in [6.45, 7) is 25.9. The molecule has 53 heavy (non-hydrogen) atoms. The minimum Gasteiger partial charge on any atom is -0.335 e. The summed E-state index contributed by atoms with van der Waals surface area (Å²) in [4.78, 5) is 6.00. The van der Waals surface area contributed by atoms with E-state index >= 15 is 0 Å². The average molecular weight is 705 g/mol. The van der Waals surface area contributed by atoms with Gasteiger partial charge in [-0.15, -0.1) is 0 Å². The van der Waals surface area contributed by atoms with Crippen LogP contribution in [0.25, 0.3) is 0 Å². The Morgan fingerprint density at radius 2 is 0.925 bits per heavy atom. The molecule has 0 N–H and O–H groups in total. The predicted molar refractivity (Wildman–Crippen MR) is 227 cm³/mol. The number of anilines is 4. The second-order valence-electron chi connectivity index (χ2n) is 22.9. The van der Waals surface area contributed by atoms with E-state index in [2.05, 4.69) is 122 Å². The molecule has 4 saturated carbocycles. The van der Waals surface area contributed by atoms with Crippen molar-refractivity contribution in [2.24, 2.45) is 23.7 Å². The van der Waals surface area contributed by atoms with E-state index in [1.807, 2.05) is 0 Å². The molecule has 0 radical (unpaired) electrons. The molecule has 0 spiro atoms. The number of nitrogens with zero attached hydrogens (tertiary/aromatic N) is 2. The van der Waals surface area contributed by atoms with Crippen LogP contribution < -0.4 is 26.2 Å². The standard InChI is InChI=1S/C50H65BN2/c1-45(2,3)34-22-36-43-38(24-34)51-39-25-35(46(4,5)6)23-37-44(39)53(50(10)29-33-19-14-12-17-31(33)27-48(37,50)8)41-21-15-20-40(42(41)51)52(43)49(9)28-32-18-13-11-16-30(32)26-47(36,49)7/h15,20-25,30-33H,11-14,16-19,26-29H2,1-10H3. The minimum absolute atomic E-state index is 0.0570. The zero-order valence-corrected chi connectivity index (χ0v) is 34.8. The molecule has 0 aromatic heterocycles. The van der Waals surface area contributed by atoms with Crippen molar-refractivity contribution in [1.29, 1.82) is 0 Å². The van der Waals surface area contributed by atoms with Crippen LogP contribution in [-0.4, -0.2) is 17.8 Å². The lowest BCUT2D eigenvalue weighted by Gasteiger charge is -2.58. The van der Waals surface area contributed by atoms with E-state index in [4.69, 9.17) is 0 Å². The Labute approximate surface area is 322 Å². The van der Waals surface area contributed by atoms with Crippen molar-refractivity contribution < 1.29 is 0 Å². The van der Waals surface area contributed by atoms with Crippen LogP contribution in [-0.2, 0) is 21.7 Å². The number of fused-ring (bicyclic) bond motifs is 12. The molecule has 8 atom stereocenters. The Kier molecular flexibility index (Phi) is 6.47. The minimum atomic E-state index is 0.0570. The first kappa shape index (κ1) is 33.6. The smallest absolute Gasteiger partial charge is 0.252 e. The van der Waals surface area contributed by atoms with E-state index in [1.54, 1.807) is 38.9 Å². The molecule has 3 aromatic carbocycles. The summed E-state index contributed by atoms with van der Waals surface area (Å²) in [6, 6.07) is 18.5. The highest BCUT2D eigenvalue weighted by atomic mass is 15.3. The zero-order chi connectivity index (χ0) is 36.8. The van der Waals surface area contributed by atoms with Gasteiger partial charge in [-0.25, -0.2) is 0 Å². The Bertz CT molecular complexity index is 1960. The van der Waals surface area contributed by atoms with Crippen LogP contribution in [0.2, 0.25) is 0 Å². The fraction of sp³-hybridized carbons (Fsp3) is 0.640. The van der Waals surface area contributed by atoms with Crippen LogP contribution in [0.5, 0.6) is 0 Å². The van der Waals surface area contributed by atoms with Gasteiger partial charge >= 0.3 is 0 Å². The van der Waals surface area contributed by atoms with Crippen LogP contribution >= 0.6 is 0 Å². The molecule has 0 amide bonds. The predicted octanol–water partition coefficient (Wildman–Crippen LogP) is 11.0. The molecule has 3 aromatic rings. The maximum Gasteiger partial charge on any atom is 0.252 e. The van der Waals surface area contributed by atoms with E-state index in [0.717, 1.165) is 23.7 Å². The van der Waals surface area contributed by atoms with Gasteiger partial charge in [-0.2, -0.15) is 0 Å². The Hall–Kier alpha value is -2.68. The highest BCUT2D eigenvalue weighted by molar-refractivity contribution is 7.00. The highest BCUT2D eigenvalue weighted by Gasteiger charge is 2.67. The van der Waals surface area contributed by atoms with Crippen LogP contribution in [0.1, 0.15) is 169 Å². The number of benzene rings is 3. The van der Waals surface area contributed by atoms with Gasteiger partial charge in [0, 0.05) is 33.6 Å². The van der Waals surface area contributed by atoms with Gasteiger partial charge < -0.3 is 9.80 Å². The molecule has 0 saturated heterocycles. The fourth-order valence-corrected chi connectivity index (χ4v) is 15.0. The molecule has 4 aliphatic heterocycles. The maximum absolute atomic E-state index is 3.00. The van der Waals surface area contributed by atoms with E-state index in [-0.39, 0.29) is 39.5 Å². The van der Waals surface area contributed by atoms with Crippen LogP contribution in [0.4, 0.5) is 22.7 Å². The van der Waals surface area contributed by atoms with E-state index < -0.39 is 0 Å². The second kappa shape index (κ2) is 10.2. The zero-order valence-electron chi connectivity index (χ0n) is 34.8. The molecule has 11 rings (SSSR count). The molecule has 2 nitrogen and oxygen atoms in total. The second-order valence-corrected chi connectivity index (χ2v) is 22.9. The molecule has 0 bridgehead atoms. The summed E-state index contributed by atoms with van der Waals surface area (Å²) in [5, 5.41) is 0. The first-order valence-electron chi connectivity index (χ1n) is 22.1. The van der Waals surface area contributed by atoms with Crippen molar-refractivity contribution in [3.8, 4) is 0 Å². The summed E-state index contributed by atoms with van der Waals surface area (Å²) in [6.07, 6.45) is 16.7. The summed E-state index contributed by atoms with van der Waals surface area (Å²) >= 11 is 0. The van der Waals surface area contributed by atoms with Crippen molar-refractivity contribution in [1.82, 2.24) is 0 Å². The van der Waals surface area contributed by atoms with Gasteiger partial charge in [0.05, 0.1) is 11.1 Å². The third-order valence-corrected chi connectivity index (χ3v) is 18.3. The van der Waals surface area contributed by atoms with Gasteiger partial charge in [0.2, 0.25) is 0 Å². The van der Waals surface area contributed by atoms with E-state index in [9.17, 15) is 0 Å². The van der Waals surface area contributed by atoms with Crippen LogP contribution in [0.15, 0.2) is 42.5 Å². The van der Waals surface area contributed by atoms with Gasteiger partial charge in [-0.1, -0.05) is 137 Å².